The summed E-state index contributed by atoms with van der Waals surface area (Å²) in [5, 5.41) is 8.11. The Morgan fingerprint density at radius 1 is 1.38 bits per heavy atom. The third kappa shape index (κ3) is 5.01. The van der Waals surface area contributed by atoms with Crippen LogP contribution in [0.4, 0.5) is 0 Å². The van der Waals surface area contributed by atoms with Crippen LogP contribution in [-0.2, 0) is 13.0 Å². The molecule has 1 rings (SSSR count). The van der Waals surface area contributed by atoms with Gasteiger partial charge in [0.15, 0.2) is 0 Å². The van der Waals surface area contributed by atoms with E-state index in [4.69, 9.17) is 0 Å². The summed E-state index contributed by atoms with van der Waals surface area (Å²) in [4.78, 5) is 0. The second-order valence-electron chi connectivity index (χ2n) is 4.58. The molecule has 0 radical (unpaired) electrons. The molecule has 0 aliphatic rings. The largest absolute Gasteiger partial charge is 0.249 e. The zero-order valence-electron chi connectivity index (χ0n) is 10.6. The maximum Gasteiger partial charge on any atom is 0.0725 e. The summed E-state index contributed by atoms with van der Waals surface area (Å²) in [5.74, 6) is 1.93. The van der Waals surface area contributed by atoms with Gasteiger partial charge >= 0.3 is 0 Å². The number of rotatable bonds is 8. The molecule has 16 heavy (non-hydrogen) atoms. The van der Waals surface area contributed by atoms with E-state index in [0.29, 0.717) is 0 Å². The highest BCUT2D eigenvalue weighted by Crippen LogP contribution is 2.10. The smallest absolute Gasteiger partial charge is 0.0725 e. The summed E-state index contributed by atoms with van der Waals surface area (Å²) in [6.45, 7) is 5.55. The number of aromatic nitrogens is 3. The molecule has 0 aliphatic heterocycles. The molecule has 0 saturated heterocycles. The van der Waals surface area contributed by atoms with Gasteiger partial charge in [-0.1, -0.05) is 31.9 Å². The number of nitrogens with zero attached hydrogens (tertiary/aromatic N) is 3. The van der Waals surface area contributed by atoms with E-state index in [1.54, 1.807) is 0 Å². The van der Waals surface area contributed by atoms with Crippen LogP contribution in [0, 0.1) is 5.92 Å². The molecule has 0 bridgehead atoms. The first-order valence-corrected chi connectivity index (χ1v) is 7.49. The Hall–Kier alpha value is -0.510. The highest BCUT2D eigenvalue weighted by atomic mass is 32.2. The lowest BCUT2D eigenvalue weighted by atomic mass is 10.0. The van der Waals surface area contributed by atoms with Gasteiger partial charge in [0, 0.05) is 5.75 Å². The quantitative estimate of drug-likeness (QED) is 0.656. The van der Waals surface area contributed by atoms with E-state index in [0.717, 1.165) is 24.6 Å². The first kappa shape index (κ1) is 13.6. The van der Waals surface area contributed by atoms with Crippen LogP contribution in [-0.4, -0.2) is 27.0 Å². The van der Waals surface area contributed by atoms with E-state index >= 15 is 0 Å². The first-order valence-electron chi connectivity index (χ1n) is 6.10. The minimum absolute atomic E-state index is 0.819. The second kappa shape index (κ2) is 7.71. The van der Waals surface area contributed by atoms with E-state index in [-0.39, 0.29) is 0 Å². The van der Waals surface area contributed by atoms with Gasteiger partial charge in [-0.05, 0) is 25.0 Å². The van der Waals surface area contributed by atoms with Gasteiger partial charge in [-0.3, -0.25) is 0 Å². The molecular formula is C12H23N3S. The number of hydrogen-bond acceptors (Lipinski definition) is 3. The van der Waals surface area contributed by atoms with Gasteiger partial charge in [-0.25, -0.2) is 4.68 Å². The van der Waals surface area contributed by atoms with Gasteiger partial charge in [0.1, 0.15) is 0 Å². The van der Waals surface area contributed by atoms with Crippen molar-refractivity contribution in [2.45, 2.75) is 46.1 Å². The lowest BCUT2D eigenvalue weighted by Crippen LogP contribution is -2.07. The summed E-state index contributed by atoms with van der Waals surface area (Å²) in [6.07, 6.45) is 9.05. The maximum atomic E-state index is 4.12. The Balaban J connectivity index is 2.27. The van der Waals surface area contributed by atoms with Gasteiger partial charge < -0.3 is 0 Å². The lowest BCUT2D eigenvalue weighted by molar-refractivity contribution is 0.525. The van der Waals surface area contributed by atoms with Crippen molar-refractivity contribution in [1.29, 1.82) is 0 Å². The summed E-state index contributed by atoms with van der Waals surface area (Å²) in [7, 11) is 0. The van der Waals surface area contributed by atoms with Gasteiger partial charge in [-0.15, -0.1) is 5.10 Å². The number of thioether (sulfide) groups is 1. The van der Waals surface area contributed by atoms with Crippen molar-refractivity contribution in [2.24, 2.45) is 5.92 Å². The normalized spacial score (nSPS) is 11.2. The Morgan fingerprint density at radius 2 is 2.19 bits per heavy atom. The average Bonchev–Trinajstić information content (AvgIpc) is 2.69. The highest BCUT2D eigenvalue weighted by Gasteiger charge is 2.03. The minimum atomic E-state index is 0.819. The fourth-order valence-corrected chi connectivity index (χ4v) is 2.05. The van der Waals surface area contributed by atoms with E-state index in [1.165, 1.54) is 25.0 Å². The van der Waals surface area contributed by atoms with Crippen LogP contribution in [0.15, 0.2) is 6.20 Å². The van der Waals surface area contributed by atoms with E-state index in [1.807, 2.05) is 22.6 Å². The van der Waals surface area contributed by atoms with Crippen LogP contribution in [0.3, 0.4) is 0 Å². The molecule has 3 nitrogen and oxygen atoms in total. The summed E-state index contributed by atoms with van der Waals surface area (Å²) in [6, 6.07) is 0. The van der Waals surface area contributed by atoms with Crippen LogP contribution in [0.2, 0.25) is 0 Å². The second-order valence-corrected chi connectivity index (χ2v) is 5.57. The molecule has 4 heteroatoms. The van der Waals surface area contributed by atoms with E-state index < -0.39 is 0 Å². The standard InChI is InChI=1S/C12H23N3S/c1-11(2)6-4-5-7-12-10-13-14-15(12)8-9-16-3/h10-11H,4-9H2,1-3H3. The van der Waals surface area contributed by atoms with Crippen molar-refractivity contribution in [3.8, 4) is 0 Å². The SMILES string of the molecule is CSCCn1nncc1CCCCC(C)C. The number of aryl methyl sites for hydroxylation is 2. The molecule has 0 saturated carbocycles. The lowest BCUT2D eigenvalue weighted by Gasteiger charge is -2.06. The molecule has 0 unspecified atom stereocenters. The van der Waals surface area contributed by atoms with Crippen LogP contribution in [0.5, 0.6) is 0 Å². The van der Waals surface area contributed by atoms with Crippen molar-refractivity contribution in [3.63, 3.8) is 0 Å². The summed E-state index contributed by atoms with van der Waals surface area (Å²) >= 11 is 1.85. The number of unbranched alkanes of at least 4 members (excludes halogenated alkanes) is 1. The van der Waals surface area contributed by atoms with Gasteiger partial charge in [0.05, 0.1) is 18.4 Å². The molecule has 1 aromatic heterocycles. The average molecular weight is 241 g/mol. The fourth-order valence-electron chi connectivity index (χ4n) is 1.70. The van der Waals surface area contributed by atoms with Crippen molar-refractivity contribution >= 4 is 11.8 Å². The molecule has 0 aliphatic carbocycles. The number of hydrogen-bond donors (Lipinski definition) is 0. The molecular weight excluding hydrogens is 218 g/mol. The fraction of sp³-hybridized carbons (Fsp3) is 0.833. The topological polar surface area (TPSA) is 30.7 Å². The molecule has 92 valence electrons. The third-order valence-electron chi connectivity index (χ3n) is 2.67. The van der Waals surface area contributed by atoms with Crippen molar-refractivity contribution in [2.75, 3.05) is 12.0 Å². The molecule has 0 aromatic carbocycles. The van der Waals surface area contributed by atoms with Gasteiger partial charge in [-0.2, -0.15) is 11.8 Å². The van der Waals surface area contributed by atoms with Crippen LogP contribution < -0.4 is 0 Å². The van der Waals surface area contributed by atoms with E-state index in [2.05, 4.69) is 30.4 Å². The van der Waals surface area contributed by atoms with Crippen molar-refractivity contribution < 1.29 is 0 Å². The Morgan fingerprint density at radius 3 is 2.88 bits per heavy atom. The summed E-state index contributed by atoms with van der Waals surface area (Å²) < 4.78 is 2.05. The van der Waals surface area contributed by atoms with Crippen LogP contribution in [0.1, 0.15) is 38.8 Å². The van der Waals surface area contributed by atoms with Crippen molar-refractivity contribution in [1.82, 2.24) is 15.0 Å². The molecule has 1 heterocycles. The van der Waals surface area contributed by atoms with Crippen molar-refractivity contribution in [3.05, 3.63) is 11.9 Å². The van der Waals surface area contributed by atoms with E-state index in [9.17, 15) is 0 Å². The molecule has 0 atom stereocenters. The zero-order valence-corrected chi connectivity index (χ0v) is 11.5. The predicted molar refractivity (Wildman–Crippen MR) is 70.8 cm³/mol. The van der Waals surface area contributed by atoms with Gasteiger partial charge in [0.2, 0.25) is 0 Å². The van der Waals surface area contributed by atoms with Crippen LogP contribution >= 0.6 is 11.8 Å². The highest BCUT2D eigenvalue weighted by molar-refractivity contribution is 7.98. The third-order valence-corrected chi connectivity index (χ3v) is 3.26. The molecule has 0 N–H and O–H groups in total. The predicted octanol–water partition coefficient (Wildman–Crippen LogP) is 3.01. The monoisotopic (exact) mass is 241 g/mol. The Kier molecular flexibility index (Phi) is 6.53. The van der Waals surface area contributed by atoms with Gasteiger partial charge in [0.25, 0.3) is 0 Å². The van der Waals surface area contributed by atoms with Crippen LogP contribution in [0.25, 0.3) is 0 Å². The maximum absolute atomic E-state index is 4.12. The zero-order chi connectivity index (χ0) is 11.8. The minimum Gasteiger partial charge on any atom is -0.249 e. The molecule has 0 fully saturated rings. The summed E-state index contributed by atoms with van der Waals surface area (Å²) in [5.41, 5.74) is 1.29. The Labute approximate surface area is 103 Å². The molecule has 1 aromatic rings. The molecule has 0 spiro atoms. The first-order chi connectivity index (χ1) is 7.74. The Bertz CT molecular complexity index is 284. The molecule has 0 amide bonds.